The van der Waals surface area contributed by atoms with Gasteiger partial charge in [0.2, 0.25) is 0 Å². The van der Waals surface area contributed by atoms with E-state index in [4.69, 9.17) is 5.11 Å². The number of aliphatic carboxylic acids is 1. The third kappa shape index (κ3) is 3.69. The number of aryl methyl sites for hydroxylation is 1. The van der Waals surface area contributed by atoms with Gasteiger partial charge in [0.05, 0.1) is 6.20 Å². The SMILES string of the molecule is Cc1cc(NS(=O)(=O)c2cn[nH]c2)ccc1C=CC(=O)O. The molecule has 0 fully saturated rings. The number of anilines is 1. The van der Waals surface area contributed by atoms with Crippen LogP contribution in [0.25, 0.3) is 6.08 Å². The van der Waals surface area contributed by atoms with E-state index in [0.717, 1.165) is 11.6 Å². The van der Waals surface area contributed by atoms with Gasteiger partial charge in [-0.1, -0.05) is 6.07 Å². The summed E-state index contributed by atoms with van der Waals surface area (Å²) < 4.78 is 26.4. The summed E-state index contributed by atoms with van der Waals surface area (Å²) in [5.41, 5.74) is 1.84. The first-order valence-corrected chi connectivity index (χ1v) is 7.40. The number of rotatable bonds is 5. The van der Waals surface area contributed by atoms with Crippen molar-refractivity contribution in [1.29, 1.82) is 0 Å². The first-order valence-electron chi connectivity index (χ1n) is 5.92. The number of H-pyrrole nitrogens is 1. The van der Waals surface area contributed by atoms with Crippen molar-refractivity contribution < 1.29 is 18.3 Å². The monoisotopic (exact) mass is 307 g/mol. The number of hydrogen-bond acceptors (Lipinski definition) is 4. The Hall–Kier alpha value is -2.61. The van der Waals surface area contributed by atoms with Crippen LogP contribution in [-0.2, 0) is 14.8 Å². The zero-order valence-corrected chi connectivity index (χ0v) is 11.9. The van der Waals surface area contributed by atoms with Gasteiger partial charge in [-0.05, 0) is 36.3 Å². The van der Waals surface area contributed by atoms with Crippen molar-refractivity contribution in [1.82, 2.24) is 10.2 Å². The number of benzene rings is 1. The minimum absolute atomic E-state index is 0.0370. The highest BCUT2D eigenvalue weighted by Gasteiger charge is 2.15. The van der Waals surface area contributed by atoms with Gasteiger partial charge in [-0.15, -0.1) is 0 Å². The average Bonchev–Trinajstić information content (AvgIpc) is 2.91. The molecular weight excluding hydrogens is 294 g/mol. The lowest BCUT2D eigenvalue weighted by atomic mass is 10.1. The van der Waals surface area contributed by atoms with Gasteiger partial charge >= 0.3 is 5.97 Å². The third-order valence-corrected chi connectivity index (χ3v) is 4.06. The van der Waals surface area contributed by atoms with Crippen molar-refractivity contribution in [2.75, 3.05) is 4.72 Å². The maximum atomic E-state index is 12.0. The molecule has 3 N–H and O–H groups in total. The molecule has 21 heavy (non-hydrogen) atoms. The Bertz CT molecular complexity index is 780. The Balaban J connectivity index is 2.23. The van der Waals surface area contributed by atoms with Crippen molar-refractivity contribution in [2.45, 2.75) is 11.8 Å². The molecule has 0 saturated heterocycles. The lowest BCUT2D eigenvalue weighted by molar-refractivity contribution is -0.131. The molecule has 0 saturated carbocycles. The van der Waals surface area contributed by atoms with Crippen LogP contribution in [0.3, 0.4) is 0 Å². The van der Waals surface area contributed by atoms with Crippen molar-refractivity contribution >= 4 is 27.8 Å². The number of aromatic nitrogens is 2. The van der Waals surface area contributed by atoms with E-state index in [-0.39, 0.29) is 4.90 Å². The molecule has 0 aliphatic rings. The number of aromatic amines is 1. The largest absolute Gasteiger partial charge is 0.478 e. The number of hydrogen-bond donors (Lipinski definition) is 3. The lowest BCUT2D eigenvalue weighted by Crippen LogP contribution is -2.12. The molecule has 2 aromatic rings. The van der Waals surface area contributed by atoms with Crippen LogP contribution in [0.15, 0.2) is 41.6 Å². The van der Waals surface area contributed by atoms with E-state index < -0.39 is 16.0 Å². The van der Waals surface area contributed by atoms with E-state index in [0.29, 0.717) is 11.3 Å². The highest BCUT2D eigenvalue weighted by molar-refractivity contribution is 7.92. The first-order chi connectivity index (χ1) is 9.88. The lowest BCUT2D eigenvalue weighted by Gasteiger charge is -2.08. The van der Waals surface area contributed by atoms with Crippen LogP contribution >= 0.6 is 0 Å². The molecule has 1 aromatic carbocycles. The van der Waals surface area contributed by atoms with Crippen LogP contribution in [0, 0.1) is 6.92 Å². The Morgan fingerprint density at radius 1 is 1.43 bits per heavy atom. The maximum Gasteiger partial charge on any atom is 0.328 e. The predicted molar refractivity (Wildman–Crippen MR) is 77.2 cm³/mol. The second-order valence-corrected chi connectivity index (χ2v) is 5.96. The first kappa shape index (κ1) is 14.8. The van der Waals surface area contributed by atoms with E-state index in [9.17, 15) is 13.2 Å². The van der Waals surface area contributed by atoms with Crippen LogP contribution in [0.1, 0.15) is 11.1 Å². The topological polar surface area (TPSA) is 112 Å². The van der Waals surface area contributed by atoms with Crippen molar-refractivity contribution in [3.05, 3.63) is 47.8 Å². The summed E-state index contributed by atoms with van der Waals surface area (Å²) >= 11 is 0. The number of carboxylic acid groups (broad SMARTS) is 1. The Morgan fingerprint density at radius 2 is 2.19 bits per heavy atom. The number of sulfonamides is 1. The van der Waals surface area contributed by atoms with Crippen LogP contribution in [0.4, 0.5) is 5.69 Å². The number of carboxylic acids is 1. The van der Waals surface area contributed by atoms with Gasteiger partial charge < -0.3 is 5.11 Å². The summed E-state index contributed by atoms with van der Waals surface area (Å²) in [5.74, 6) is -1.04. The summed E-state index contributed by atoms with van der Waals surface area (Å²) in [5, 5.41) is 14.6. The van der Waals surface area contributed by atoms with Gasteiger partial charge in [-0.2, -0.15) is 5.10 Å². The fourth-order valence-electron chi connectivity index (χ4n) is 1.69. The molecule has 7 nitrogen and oxygen atoms in total. The second kappa shape index (κ2) is 5.80. The number of carbonyl (C=O) groups is 1. The molecule has 0 amide bonds. The van der Waals surface area contributed by atoms with Gasteiger partial charge in [0.25, 0.3) is 10.0 Å². The van der Waals surface area contributed by atoms with Gasteiger partial charge in [-0.3, -0.25) is 9.82 Å². The average molecular weight is 307 g/mol. The molecule has 110 valence electrons. The molecule has 2 rings (SSSR count). The van der Waals surface area contributed by atoms with Crippen LogP contribution in [0.5, 0.6) is 0 Å². The molecule has 0 radical (unpaired) electrons. The molecule has 0 aliphatic heterocycles. The predicted octanol–water partition coefficient (Wildman–Crippen LogP) is 1.62. The Morgan fingerprint density at radius 3 is 2.76 bits per heavy atom. The molecule has 1 heterocycles. The van der Waals surface area contributed by atoms with Crippen molar-refractivity contribution in [2.24, 2.45) is 0 Å². The van der Waals surface area contributed by atoms with Gasteiger partial charge in [0.15, 0.2) is 0 Å². The zero-order chi connectivity index (χ0) is 15.5. The minimum Gasteiger partial charge on any atom is -0.478 e. The quantitative estimate of drug-likeness (QED) is 0.727. The van der Waals surface area contributed by atoms with Gasteiger partial charge in [0, 0.05) is 18.0 Å². The summed E-state index contributed by atoms with van der Waals surface area (Å²) in [6.45, 7) is 1.76. The molecule has 0 aliphatic carbocycles. The minimum atomic E-state index is -3.68. The fourth-order valence-corrected chi connectivity index (χ4v) is 2.64. The smallest absolute Gasteiger partial charge is 0.328 e. The van der Waals surface area contributed by atoms with E-state index in [1.165, 1.54) is 18.5 Å². The van der Waals surface area contributed by atoms with Crippen LogP contribution in [-0.4, -0.2) is 29.7 Å². The zero-order valence-electron chi connectivity index (χ0n) is 11.1. The highest BCUT2D eigenvalue weighted by Crippen LogP contribution is 2.19. The van der Waals surface area contributed by atoms with Crippen molar-refractivity contribution in [3.8, 4) is 0 Å². The molecule has 8 heteroatoms. The molecule has 0 bridgehead atoms. The van der Waals surface area contributed by atoms with Crippen LogP contribution < -0.4 is 4.72 Å². The fraction of sp³-hybridized carbons (Fsp3) is 0.0769. The molecule has 1 aromatic heterocycles. The highest BCUT2D eigenvalue weighted by atomic mass is 32.2. The summed E-state index contributed by atoms with van der Waals surface area (Å²) in [7, 11) is -3.68. The van der Waals surface area contributed by atoms with E-state index in [1.807, 2.05) is 0 Å². The summed E-state index contributed by atoms with van der Waals surface area (Å²) in [6, 6.07) is 4.83. The maximum absolute atomic E-state index is 12.0. The Labute approximate surface area is 121 Å². The van der Waals surface area contributed by atoms with E-state index >= 15 is 0 Å². The van der Waals surface area contributed by atoms with Gasteiger partial charge in [-0.25, -0.2) is 13.2 Å². The summed E-state index contributed by atoms with van der Waals surface area (Å²) in [6.07, 6.45) is 4.96. The second-order valence-electron chi connectivity index (χ2n) is 4.28. The number of nitrogens with zero attached hydrogens (tertiary/aromatic N) is 1. The molecule has 0 atom stereocenters. The normalized spacial score (nSPS) is 11.7. The van der Waals surface area contributed by atoms with Crippen LogP contribution in [0.2, 0.25) is 0 Å². The van der Waals surface area contributed by atoms with Gasteiger partial charge in [0.1, 0.15) is 4.90 Å². The van der Waals surface area contributed by atoms with E-state index in [1.54, 1.807) is 25.1 Å². The molecule has 0 unspecified atom stereocenters. The number of nitrogens with one attached hydrogen (secondary N) is 2. The third-order valence-electron chi connectivity index (χ3n) is 2.71. The Kier molecular flexibility index (Phi) is 4.08. The molecular formula is C13H13N3O4S. The van der Waals surface area contributed by atoms with E-state index in [2.05, 4.69) is 14.9 Å². The van der Waals surface area contributed by atoms with Crippen molar-refractivity contribution in [3.63, 3.8) is 0 Å². The molecule has 0 spiro atoms. The standard InChI is InChI=1S/C13H13N3O4S/c1-9-6-11(4-2-10(9)3-5-13(17)18)16-21(19,20)12-7-14-15-8-12/h2-8,16H,1H3,(H,14,15)(H,17,18). The summed E-state index contributed by atoms with van der Waals surface area (Å²) in [4.78, 5) is 10.5.